The highest BCUT2D eigenvalue weighted by molar-refractivity contribution is 14.1. The van der Waals surface area contributed by atoms with Gasteiger partial charge in [-0.15, -0.1) is 0 Å². The summed E-state index contributed by atoms with van der Waals surface area (Å²) in [5, 5.41) is 0. The Hall–Kier alpha value is -1.00. The van der Waals surface area contributed by atoms with Crippen molar-refractivity contribution in [3.05, 3.63) is 26.6 Å². The Morgan fingerprint density at radius 3 is 2.47 bits per heavy atom. The van der Waals surface area contributed by atoms with Crippen LogP contribution in [0.2, 0.25) is 0 Å². The second-order valence-corrected chi connectivity index (χ2v) is 4.29. The summed E-state index contributed by atoms with van der Waals surface area (Å²) < 4.78 is 67.8. The second-order valence-electron chi connectivity index (χ2n) is 3.27. The van der Waals surface area contributed by atoms with Crippen LogP contribution in [0.15, 0.2) is 6.20 Å². The zero-order valence-corrected chi connectivity index (χ0v) is 11.6. The zero-order chi connectivity index (χ0) is 14.8. The predicted molar refractivity (Wildman–Crippen MR) is 62.9 cm³/mol. The Morgan fingerprint density at radius 2 is 2.05 bits per heavy atom. The molecule has 106 valence electrons. The van der Waals surface area contributed by atoms with E-state index in [9.17, 15) is 26.7 Å². The van der Waals surface area contributed by atoms with Crippen LogP contribution in [0.25, 0.3) is 0 Å². The lowest BCUT2D eigenvalue weighted by molar-refractivity contribution is -0.140. The van der Waals surface area contributed by atoms with Crippen LogP contribution in [0.3, 0.4) is 0 Å². The van der Waals surface area contributed by atoms with Crippen LogP contribution in [0.1, 0.15) is 34.8 Å². The Labute approximate surface area is 118 Å². The Kier molecular flexibility index (Phi) is 5.04. The molecule has 9 heteroatoms. The zero-order valence-electron chi connectivity index (χ0n) is 9.39. The number of ether oxygens (including phenoxy) is 1. The minimum atomic E-state index is -5.03. The lowest BCUT2D eigenvalue weighted by atomic mass is 10.0. The van der Waals surface area contributed by atoms with Gasteiger partial charge in [-0.25, -0.2) is 18.6 Å². The summed E-state index contributed by atoms with van der Waals surface area (Å²) in [5.41, 5.74) is -3.87. The number of nitrogens with zero attached hydrogens (tertiary/aromatic N) is 1. The van der Waals surface area contributed by atoms with Crippen LogP contribution in [-0.4, -0.2) is 17.6 Å². The SMILES string of the molecule is CCOC(=O)c1cnc(I)c(C(F)(F)F)c1C(F)F. The molecule has 0 saturated heterocycles. The number of pyridine rings is 1. The highest BCUT2D eigenvalue weighted by Crippen LogP contribution is 2.40. The Balaban J connectivity index is 3.55. The summed E-state index contributed by atoms with van der Waals surface area (Å²) in [4.78, 5) is 14.7. The van der Waals surface area contributed by atoms with Gasteiger partial charge < -0.3 is 4.74 Å². The maximum Gasteiger partial charge on any atom is 0.419 e. The summed E-state index contributed by atoms with van der Waals surface area (Å²) in [6.07, 6.45) is -7.83. The standard InChI is InChI=1S/C10H7F5INO2/c1-2-19-9(18)4-3-17-8(16)6(10(13,14)15)5(4)7(11)12/h3,7H,2H2,1H3. The van der Waals surface area contributed by atoms with Gasteiger partial charge in [-0.05, 0) is 29.5 Å². The van der Waals surface area contributed by atoms with Gasteiger partial charge in [0, 0.05) is 11.8 Å². The van der Waals surface area contributed by atoms with Crippen LogP contribution < -0.4 is 0 Å². The maximum absolute atomic E-state index is 12.9. The summed E-state index contributed by atoms with van der Waals surface area (Å²) in [6.45, 7) is 1.26. The van der Waals surface area contributed by atoms with Crippen LogP contribution in [-0.2, 0) is 10.9 Å². The molecule has 0 spiro atoms. The molecule has 1 heterocycles. The topological polar surface area (TPSA) is 39.2 Å². The lowest BCUT2D eigenvalue weighted by Crippen LogP contribution is -2.19. The van der Waals surface area contributed by atoms with E-state index in [0.717, 1.165) is 0 Å². The highest BCUT2D eigenvalue weighted by Gasteiger charge is 2.41. The number of halogens is 6. The fraction of sp³-hybridized carbons (Fsp3) is 0.400. The molecule has 0 aromatic carbocycles. The smallest absolute Gasteiger partial charge is 0.419 e. The first-order valence-electron chi connectivity index (χ1n) is 4.91. The third-order valence-corrected chi connectivity index (χ3v) is 2.89. The monoisotopic (exact) mass is 395 g/mol. The molecule has 1 rings (SSSR count). The van der Waals surface area contributed by atoms with E-state index in [1.165, 1.54) is 29.5 Å². The van der Waals surface area contributed by atoms with Crippen molar-refractivity contribution in [1.29, 1.82) is 0 Å². The van der Waals surface area contributed by atoms with Crippen molar-refractivity contribution in [1.82, 2.24) is 4.98 Å². The van der Waals surface area contributed by atoms with Crippen LogP contribution in [0.5, 0.6) is 0 Å². The van der Waals surface area contributed by atoms with Crippen LogP contribution in [0.4, 0.5) is 22.0 Å². The summed E-state index contributed by atoms with van der Waals surface area (Å²) in [6, 6.07) is 0. The molecule has 0 atom stereocenters. The first kappa shape index (κ1) is 16.1. The Morgan fingerprint density at radius 1 is 1.47 bits per heavy atom. The van der Waals surface area contributed by atoms with E-state index in [1.807, 2.05) is 0 Å². The number of aromatic nitrogens is 1. The largest absolute Gasteiger partial charge is 0.462 e. The Bertz CT molecular complexity index is 490. The van der Waals surface area contributed by atoms with E-state index in [-0.39, 0.29) is 6.61 Å². The highest BCUT2D eigenvalue weighted by atomic mass is 127. The van der Waals surface area contributed by atoms with Crippen molar-refractivity contribution < 1.29 is 31.5 Å². The molecule has 1 aromatic heterocycles. The first-order chi connectivity index (χ1) is 8.70. The van der Waals surface area contributed by atoms with Crippen molar-refractivity contribution in [2.45, 2.75) is 19.5 Å². The third-order valence-electron chi connectivity index (χ3n) is 2.07. The molecule has 0 amide bonds. The van der Waals surface area contributed by atoms with Gasteiger partial charge in [0.05, 0.1) is 17.7 Å². The van der Waals surface area contributed by atoms with E-state index < -0.39 is 39.0 Å². The van der Waals surface area contributed by atoms with Crippen molar-refractivity contribution in [3.63, 3.8) is 0 Å². The second kappa shape index (κ2) is 5.97. The van der Waals surface area contributed by atoms with Gasteiger partial charge in [-0.3, -0.25) is 0 Å². The average Bonchev–Trinajstić information content (AvgIpc) is 2.26. The minimum absolute atomic E-state index is 0.144. The molecule has 0 fully saturated rings. The van der Waals surface area contributed by atoms with Crippen molar-refractivity contribution in [3.8, 4) is 0 Å². The molecule has 0 aliphatic heterocycles. The van der Waals surface area contributed by atoms with Crippen molar-refractivity contribution in [2.24, 2.45) is 0 Å². The molecule has 3 nitrogen and oxygen atoms in total. The molecule has 0 unspecified atom stereocenters. The number of esters is 1. The van der Waals surface area contributed by atoms with Gasteiger partial charge in [-0.1, -0.05) is 0 Å². The van der Waals surface area contributed by atoms with Crippen LogP contribution in [0, 0.1) is 3.70 Å². The maximum atomic E-state index is 12.9. The number of rotatable bonds is 3. The normalized spacial score (nSPS) is 11.8. The van der Waals surface area contributed by atoms with E-state index >= 15 is 0 Å². The van der Waals surface area contributed by atoms with E-state index in [4.69, 9.17) is 0 Å². The van der Waals surface area contributed by atoms with Crippen LogP contribution >= 0.6 is 22.6 Å². The molecule has 1 aromatic rings. The number of carbonyl (C=O) groups excluding carboxylic acids is 1. The third kappa shape index (κ3) is 3.51. The molecule has 0 radical (unpaired) electrons. The number of alkyl halides is 5. The number of hydrogen-bond acceptors (Lipinski definition) is 3. The number of hydrogen-bond donors (Lipinski definition) is 0. The summed E-state index contributed by atoms with van der Waals surface area (Å²) in [5.74, 6) is -1.26. The van der Waals surface area contributed by atoms with E-state index in [2.05, 4.69) is 9.72 Å². The minimum Gasteiger partial charge on any atom is -0.462 e. The van der Waals surface area contributed by atoms with Crippen molar-refractivity contribution >= 4 is 28.6 Å². The number of carbonyl (C=O) groups is 1. The van der Waals surface area contributed by atoms with Gasteiger partial charge in [-0.2, -0.15) is 13.2 Å². The summed E-state index contributed by atoms with van der Waals surface area (Å²) in [7, 11) is 0. The molecule has 0 bridgehead atoms. The van der Waals surface area contributed by atoms with Gasteiger partial charge >= 0.3 is 12.1 Å². The molecule has 0 saturated carbocycles. The molecule has 0 aliphatic rings. The fourth-order valence-electron chi connectivity index (χ4n) is 1.37. The van der Waals surface area contributed by atoms with Gasteiger partial charge in [0.2, 0.25) is 0 Å². The van der Waals surface area contributed by atoms with Gasteiger partial charge in [0.1, 0.15) is 3.70 Å². The quantitative estimate of drug-likeness (QED) is 0.338. The summed E-state index contributed by atoms with van der Waals surface area (Å²) >= 11 is 1.19. The molecule has 0 N–H and O–H groups in total. The predicted octanol–water partition coefficient (Wildman–Crippen LogP) is 3.82. The van der Waals surface area contributed by atoms with E-state index in [1.54, 1.807) is 0 Å². The average molecular weight is 395 g/mol. The molecule has 0 aliphatic carbocycles. The first-order valence-corrected chi connectivity index (χ1v) is 5.98. The molecule has 19 heavy (non-hydrogen) atoms. The van der Waals surface area contributed by atoms with Crippen molar-refractivity contribution in [2.75, 3.05) is 6.61 Å². The molecular weight excluding hydrogens is 388 g/mol. The molecular formula is C10H7F5INO2. The lowest BCUT2D eigenvalue weighted by Gasteiger charge is -2.16. The van der Waals surface area contributed by atoms with Gasteiger partial charge in [0.15, 0.2) is 0 Å². The van der Waals surface area contributed by atoms with Gasteiger partial charge in [0.25, 0.3) is 6.43 Å². The van der Waals surface area contributed by atoms with E-state index in [0.29, 0.717) is 6.20 Å². The fourth-order valence-corrected chi connectivity index (χ4v) is 2.10.